The molecule has 0 aromatic heterocycles. The van der Waals surface area contributed by atoms with Gasteiger partial charge in [0, 0.05) is 19.3 Å². The van der Waals surface area contributed by atoms with Crippen molar-refractivity contribution in [3.05, 3.63) is 59.7 Å². The first-order chi connectivity index (χ1) is 9.22. The van der Waals surface area contributed by atoms with Crippen LogP contribution in [0, 0.1) is 11.6 Å². The molecule has 1 nitrogen and oxygen atoms in total. The standard InChI is InChI=1S/C16H16F2O/c1-19-10-4-5-12-8-9-13(11-16(12)18)14-6-2-3-7-15(14)17/h2-3,6-9,11H,4-5,10H2,1H3. The lowest BCUT2D eigenvalue weighted by atomic mass is 10.0. The SMILES string of the molecule is COCCCc1ccc(-c2ccccc2F)cc1F. The van der Waals surface area contributed by atoms with Gasteiger partial charge in [-0.25, -0.2) is 8.78 Å². The highest BCUT2D eigenvalue weighted by Crippen LogP contribution is 2.24. The molecule has 0 aliphatic rings. The van der Waals surface area contributed by atoms with Crippen molar-refractivity contribution in [2.45, 2.75) is 12.8 Å². The molecule has 0 spiro atoms. The van der Waals surface area contributed by atoms with Gasteiger partial charge < -0.3 is 4.74 Å². The summed E-state index contributed by atoms with van der Waals surface area (Å²) in [5, 5.41) is 0. The second kappa shape index (κ2) is 6.43. The highest BCUT2D eigenvalue weighted by molar-refractivity contribution is 5.64. The van der Waals surface area contributed by atoms with Gasteiger partial charge in [-0.15, -0.1) is 0 Å². The first-order valence-electron chi connectivity index (χ1n) is 6.24. The molecule has 0 saturated carbocycles. The minimum atomic E-state index is -0.339. The Hall–Kier alpha value is -1.74. The quantitative estimate of drug-likeness (QED) is 0.733. The molecule has 0 fully saturated rings. The minimum Gasteiger partial charge on any atom is -0.385 e. The Morgan fingerprint density at radius 1 is 1.00 bits per heavy atom. The summed E-state index contributed by atoms with van der Waals surface area (Å²) in [7, 11) is 1.62. The van der Waals surface area contributed by atoms with Crippen LogP contribution in [0.4, 0.5) is 8.78 Å². The zero-order valence-corrected chi connectivity index (χ0v) is 10.8. The van der Waals surface area contributed by atoms with E-state index < -0.39 is 0 Å². The van der Waals surface area contributed by atoms with Crippen molar-refractivity contribution in [3.8, 4) is 11.1 Å². The van der Waals surface area contributed by atoms with E-state index in [2.05, 4.69) is 0 Å². The molecule has 0 radical (unpaired) electrons. The largest absolute Gasteiger partial charge is 0.385 e. The van der Waals surface area contributed by atoms with Crippen molar-refractivity contribution in [2.24, 2.45) is 0 Å². The summed E-state index contributed by atoms with van der Waals surface area (Å²) in [6.07, 6.45) is 1.39. The van der Waals surface area contributed by atoms with Crippen molar-refractivity contribution in [2.75, 3.05) is 13.7 Å². The van der Waals surface area contributed by atoms with E-state index in [0.717, 1.165) is 6.42 Å². The summed E-state index contributed by atoms with van der Waals surface area (Å²) >= 11 is 0. The maximum Gasteiger partial charge on any atom is 0.131 e. The molecule has 0 aliphatic carbocycles. The van der Waals surface area contributed by atoms with Crippen molar-refractivity contribution >= 4 is 0 Å². The topological polar surface area (TPSA) is 9.23 Å². The second-order valence-corrected chi connectivity index (χ2v) is 4.38. The molecule has 0 amide bonds. The van der Waals surface area contributed by atoms with Gasteiger partial charge >= 0.3 is 0 Å². The van der Waals surface area contributed by atoms with Gasteiger partial charge in [-0.05, 0) is 36.1 Å². The van der Waals surface area contributed by atoms with Crippen LogP contribution in [0.1, 0.15) is 12.0 Å². The maximum absolute atomic E-state index is 13.9. The fraction of sp³-hybridized carbons (Fsp3) is 0.250. The molecule has 2 aromatic rings. The number of benzene rings is 2. The first kappa shape index (κ1) is 13.7. The number of ether oxygens (including phenoxy) is 1. The predicted octanol–water partition coefficient (Wildman–Crippen LogP) is 4.21. The monoisotopic (exact) mass is 262 g/mol. The molecule has 0 heterocycles. The predicted molar refractivity (Wildman–Crippen MR) is 72.0 cm³/mol. The molecule has 3 heteroatoms. The summed E-state index contributed by atoms with van der Waals surface area (Å²) < 4.78 is 32.5. The van der Waals surface area contributed by atoms with Gasteiger partial charge in [0.05, 0.1) is 0 Å². The average molecular weight is 262 g/mol. The van der Waals surface area contributed by atoms with Gasteiger partial charge in [-0.2, -0.15) is 0 Å². The van der Waals surface area contributed by atoms with Crippen molar-refractivity contribution in [1.82, 2.24) is 0 Å². The van der Waals surface area contributed by atoms with E-state index in [0.29, 0.717) is 29.7 Å². The van der Waals surface area contributed by atoms with Crippen LogP contribution in [0.25, 0.3) is 11.1 Å². The van der Waals surface area contributed by atoms with Crippen LogP contribution < -0.4 is 0 Å². The van der Waals surface area contributed by atoms with E-state index in [1.165, 1.54) is 12.1 Å². The highest BCUT2D eigenvalue weighted by Gasteiger charge is 2.08. The number of rotatable bonds is 5. The van der Waals surface area contributed by atoms with Crippen LogP contribution >= 0.6 is 0 Å². The van der Waals surface area contributed by atoms with Crippen LogP contribution in [0.3, 0.4) is 0 Å². The summed E-state index contributed by atoms with van der Waals surface area (Å²) in [5.41, 5.74) is 1.62. The normalized spacial score (nSPS) is 10.7. The molecule has 0 bridgehead atoms. The fourth-order valence-corrected chi connectivity index (χ4v) is 2.02. The lowest BCUT2D eigenvalue weighted by molar-refractivity contribution is 0.195. The summed E-state index contributed by atoms with van der Waals surface area (Å²) in [6, 6.07) is 11.2. The van der Waals surface area contributed by atoms with Crippen molar-refractivity contribution < 1.29 is 13.5 Å². The number of halogens is 2. The number of aryl methyl sites for hydroxylation is 1. The lowest BCUT2D eigenvalue weighted by Crippen LogP contribution is -1.96. The average Bonchev–Trinajstić information content (AvgIpc) is 2.41. The van der Waals surface area contributed by atoms with E-state index >= 15 is 0 Å². The van der Waals surface area contributed by atoms with E-state index in [1.807, 2.05) is 0 Å². The van der Waals surface area contributed by atoms with E-state index in [-0.39, 0.29) is 11.6 Å². The number of hydrogen-bond acceptors (Lipinski definition) is 1. The molecule has 0 saturated heterocycles. The molecule has 2 aromatic carbocycles. The summed E-state index contributed by atoms with van der Waals surface area (Å²) in [6.45, 7) is 0.606. The van der Waals surface area contributed by atoms with E-state index in [9.17, 15) is 8.78 Å². The molecule has 0 aliphatic heterocycles. The third-order valence-corrected chi connectivity index (χ3v) is 3.03. The van der Waals surface area contributed by atoms with Crippen LogP contribution in [0.5, 0.6) is 0 Å². The van der Waals surface area contributed by atoms with Crippen LogP contribution in [-0.4, -0.2) is 13.7 Å². The molecule has 0 atom stereocenters. The van der Waals surface area contributed by atoms with Crippen molar-refractivity contribution in [1.29, 1.82) is 0 Å². The van der Waals surface area contributed by atoms with Gasteiger partial charge in [0.1, 0.15) is 11.6 Å². The van der Waals surface area contributed by atoms with Gasteiger partial charge in [-0.3, -0.25) is 0 Å². The molecule has 100 valence electrons. The fourth-order valence-electron chi connectivity index (χ4n) is 2.02. The lowest BCUT2D eigenvalue weighted by Gasteiger charge is -2.07. The van der Waals surface area contributed by atoms with Gasteiger partial charge in [-0.1, -0.05) is 30.3 Å². The molecule has 0 unspecified atom stereocenters. The van der Waals surface area contributed by atoms with Crippen LogP contribution in [-0.2, 0) is 11.2 Å². The first-order valence-corrected chi connectivity index (χ1v) is 6.24. The zero-order valence-electron chi connectivity index (χ0n) is 10.8. The highest BCUT2D eigenvalue weighted by atomic mass is 19.1. The zero-order chi connectivity index (χ0) is 13.7. The van der Waals surface area contributed by atoms with Gasteiger partial charge in [0.25, 0.3) is 0 Å². The molecular formula is C16H16F2O. The molecule has 19 heavy (non-hydrogen) atoms. The second-order valence-electron chi connectivity index (χ2n) is 4.38. The summed E-state index contributed by atoms with van der Waals surface area (Å²) in [4.78, 5) is 0. The Kier molecular flexibility index (Phi) is 4.63. The Morgan fingerprint density at radius 3 is 2.47 bits per heavy atom. The van der Waals surface area contributed by atoms with E-state index in [4.69, 9.17) is 4.74 Å². The molecule has 2 rings (SSSR count). The van der Waals surface area contributed by atoms with Crippen LogP contribution in [0.2, 0.25) is 0 Å². The van der Waals surface area contributed by atoms with E-state index in [1.54, 1.807) is 37.4 Å². The Labute approximate surface area is 111 Å². The van der Waals surface area contributed by atoms with Gasteiger partial charge in [0.2, 0.25) is 0 Å². The smallest absolute Gasteiger partial charge is 0.131 e. The van der Waals surface area contributed by atoms with Gasteiger partial charge in [0.15, 0.2) is 0 Å². The third-order valence-electron chi connectivity index (χ3n) is 3.03. The Bertz CT molecular complexity index is 552. The number of hydrogen-bond donors (Lipinski definition) is 0. The van der Waals surface area contributed by atoms with Crippen molar-refractivity contribution in [3.63, 3.8) is 0 Å². The maximum atomic E-state index is 13.9. The Morgan fingerprint density at radius 2 is 1.79 bits per heavy atom. The van der Waals surface area contributed by atoms with Crippen LogP contribution in [0.15, 0.2) is 42.5 Å². The minimum absolute atomic E-state index is 0.295. The molecular weight excluding hydrogens is 246 g/mol. The molecule has 0 N–H and O–H groups in total. The number of methoxy groups -OCH3 is 1. The third kappa shape index (κ3) is 3.38. The Balaban J connectivity index is 2.21. The summed E-state index contributed by atoms with van der Waals surface area (Å²) in [5.74, 6) is -0.633.